The van der Waals surface area contributed by atoms with Crippen molar-refractivity contribution in [2.45, 2.75) is 69.9 Å². The van der Waals surface area contributed by atoms with Gasteiger partial charge in [-0.1, -0.05) is 19.3 Å². The van der Waals surface area contributed by atoms with Crippen molar-refractivity contribution in [2.24, 2.45) is 5.92 Å². The minimum atomic E-state index is 0.576. The van der Waals surface area contributed by atoms with E-state index >= 15 is 0 Å². The molecule has 2 atom stereocenters. The maximum absolute atomic E-state index is 5.73. The number of piperazine rings is 1. The SMILES string of the molecule is C1CCC(C2CN(CCCC3CCCO3)CCN2)CC1. The van der Waals surface area contributed by atoms with Gasteiger partial charge in [0.25, 0.3) is 0 Å². The van der Waals surface area contributed by atoms with Gasteiger partial charge < -0.3 is 15.0 Å². The van der Waals surface area contributed by atoms with Crippen LogP contribution >= 0.6 is 0 Å². The Labute approximate surface area is 124 Å². The Balaban J connectivity index is 1.36. The Morgan fingerprint density at radius 2 is 1.95 bits per heavy atom. The highest BCUT2D eigenvalue weighted by Crippen LogP contribution is 2.27. The molecule has 3 nitrogen and oxygen atoms in total. The van der Waals surface area contributed by atoms with Crippen LogP contribution in [0.1, 0.15) is 57.8 Å². The van der Waals surface area contributed by atoms with Gasteiger partial charge in [-0.25, -0.2) is 0 Å². The molecule has 2 unspecified atom stereocenters. The topological polar surface area (TPSA) is 24.5 Å². The highest BCUT2D eigenvalue weighted by atomic mass is 16.5. The smallest absolute Gasteiger partial charge is 0.0576 e. The first-order valence-corrected chi connectivity index (χ1v) is 8.99. The predicted octanol–water partition coefficient (Wildman–Crippen LogP) is 2.80. The largest absolute Gasteiger partial charge is 0.378 e. The Bertz CT molecular complexity index is 272. The van der Waals surface area contributed by atoms with Crippen LogP contribution in [0, 0.1) is 5.92 Å². The van der Waals surface area contributed by atoms with Crippen molar-refractivity contribution in [3.63, 3.8) is 0 Å². The zero-order chi connectivity index (χ0) is 13.6. The van der Waals surface area contributed by atoms with Crippen LogP contribution in [0.4, 0.5) is 0 Å². The molecule has 0 aromatic heterocycles. The average molecular weight is 280 g/mol. The molecule has 3 rings (SSSR count). The van der Waals surface area contributed by atoms with Gasteiger partial charge in [0.05, 0.1) is 6.10 Å². The van der Waals surface area contributed by atoms with Crippen molar-refractivity contribution in [3.8, 4) is 0 Å². The lowest BCUT2D eigenvalue weighted by Gasteiger charge is -2.39. The summed E-state index contributed by atoms with van der Waals surface area (Å²) in [7, 11) is 0. The number of rotatable bonds is 5. The van der Waals surface area contributed by atoms with E-state index in [0.29, 0.717) is 6.10 Å². The van der Waals surface area contributed by atoms with Gasteiger partial charge >= 0.3 is 0 Å². The summed E-state index contributed by atoms with van der Waals surface area (Å²) >= 11 is 0. The second-order valence-electron chi connectivity index (χ2n) is 7.04. The standard InChI is InChI=1S/C17H32N2O/c1-2-6-15(7-3-1)17-14-19(12-10-18-17)11-4-8-16-9-5-13-20-16/h15-18H,1-14H2. The van der Waals surface area contributed by atoms with Gasteiger partial charge in [0.15, 0.2) is 0 Å². The van der Waals surface area contributed by atoms with Crippen LogP contribution in [0.25, 0.3) is 0 Å². The summed E-state index contributed by atoms with van der Waals surface area (Å²) in [5.41, 5.74) is 0. The number of hydrogen-bond acceptors (Lipinski definition) is 3. The number of nitrogens with one attached hydrogen (secondary N) is 1. The normalized spacial score (nSPS) is 33.6. The fraction of sp³-hybridized carbons (Fsp3) is 1.00. The van der Waals surface area contributed by atoms with Gasteiger partial charge in [-0.3, -0.25) is 0 Å². The first kappa shape index (κ1) is 14.8. The number of ether oxygens (including phenoxy) is 1. The average Bonchev–Trinajstić information content (AvgIpc) is 3.02. The van der Waals surface area contributed by atoms with Crippen LogP contribution in [0.3, 0.4) is 0 Å². The molecule has 1 N–H and O–H groups in total. The van der Waals surface area contributed by atoms with Gasteiger partial charge in [-0.15, -0.1) is 0 Å². The Hall–Kier alpha value is -0.120. The van der Waals surface area contributed by atoms with Gasteiger partial charge in [0.2, 0.25) is 0 Å². The van der Waals surface area contributed by atoms with Crippen molar-refractivity contribution in [2.75, 3.05) is 32.8 Å². The van der Waals surface area contributed by atoms with Gasteiger partial charge in [0.1, 0.15) is 0 Å². The molecule has 2 heterocycles. The maximum Gasteiger partial charge on any atom is 0.0576 e. The minimum absolute atomic E-state index is 0.576. The first-order valence-electron chi connectivity index (χ1n) is 8.99. The molecule has 0 aromatic rings. The van der Waals surface area contributed by atoms with Gasteiger partial charge in [-0.2, -0.15) is 0 Å². The highest BCUT2D eigenvalue weighted by molar-refractivity contribution is 4.86. The van der Waals surface area contributed by atoms with E-state index in [9.17, 15) is 0 Å². The zero-order valence-corrected chi connectivity index (χ0v) is 13.0. The molecule has 0 aromatic carbocycles. The third-order valence-corrected chi connectivity index (χ3v) is 5.53. The van der Waals surface area contributed by atoms with Gasteiger partial charge in [0, 0.05) is 32.3 Å². The van der Waals surface area contributed by atoms with Gasteiger partial charge in [-0.05, 0) is 51.0 Å². The van der Waals surface area contributed by atoms with Crippen molar-refractivity contribution >= 4 is 0 Å². The molecule has 116 valence electrons. The molecule has 2 saturated heterocycles. The molecule has 1 saturated carbocycles. The fourth-order valence-corrected chi connectivity index (χ4v) is 4.31. The fourth-order valence-electron chi connectivity index (χ4n) is 4.31. The minimum Gasteiger partial charge on any atom is -0.378 e. The summed E-state index contributed by atoms with van der Waals surface area (Å²) in [5, 5.41) is 3.78. The van der Waals surface area contributed by atoms with Crippen LogP contribution in [-0.4, -0.2) is 49.8 Å². The third kappa shape index (κ3) is 4.19. The monoisotopic (exact) mass is 280 g/mol. The Morgan fingerprint density at radius 3 is 2.75 bits per heavy atom. The van der Waals surface area contributed by atoms with Crippen molar-refractivity contribution in [3.05, 3.63) is 0 Å². The first-order chi connectivity index (χ1) is 9.92. The predicted molar refractivity (Wildman–Crippen MR) is 83.0 cm³/mol. The Kier molecular flexibility index (Phi) is 5.75. The van der Waals surface area contributed by atoms with Crippen LogP contribution in [0.15, 0.2) is 0 Å². The second kappa shape index (κ2) is 7.77. The molecule has 0 bridgehead atoms. The van der Waals surface area contributed by atoms with E-state index in [2.05, 4.69) is 10.2 Å². The molecule has 3 fully saturated rings. The van der Waals surface area contributed by atoms with E-state index in [1.807, 2.05) is 0 Å². The molecule has 2 aliphatic heterocycles. The van der Waals surface area contributed by atoms with Crippen molar-refractivity contribution < 1.29 is 4.74 Å². The van der Waals surface area contributed by atoms with Crippen LogP contribution < -0.4 is 5.32 Å². The summed E-state index contributed by atoms with van der Waals surface area (Å²) in [6, 6.07) is 0.770. The molecule has 1 aliphatic carbocycles. The maximum atomic E-state index is 5.73. The molecule has 0 spiro atoms. The molecular formula is C17H32N2O. The van der Waals surface area contributed by atoms with E-state index in [1.165, 1.54) is 84.0 Å². The summed E-state index contributed by atoms with van der Waals surface area (Å²) < 4.78 is 5.73. The number of hydrogen-bond donors (Lipinski definition) is 1. The van der Waals surface area contributed by atoms with E-state index in [-0.39, 0.29) is 0 Å². The second-order valence-corrected chi connectivity index (χ2v) is 7.04. The highest BCUT2D eigenvalue weighted by Gasteiger charge is 2.27. The van der Waals surface area contributed by atoms with Crippen LogP contribution in [0.5, 0.6) is 0 Å². The summed E-state index contributed by atoms with van der Waals surface area (Å²) in [4.78, 5) is 2.70. The molecule has 0 radical (unpaired) electrons. The van der Waals surface area contributed by atoms with E-state index in [1.54, 1.807) is 0 Å². The zero-order valence-electron chi connectivity index (χ0n) is 13.0. The summed E-state index contributed by atoms with van der Waals surface area (Å²) in [5.74, 6) is 0.949. The number of nitrogens with zero attached hydrogens (tertiary/aromatic N) is 1. The molecule has 3 heteroatoms. The Morgan fingerprint density at radius 1 is 1.05 bits per heavy atom. The lowest BCUT2D eigenvalue weighted by molar-refractivity contribution is 0.0938. The molecule has 20 heavy (non-hydrogen) atoms. The van der Waals surface area contributed by atoms with Crippen LogP contribution in [-0.2, 0) is 4.74 Å². The lowest BCUT2D eigenvalue weighted by atomic mass is 9.83. The summed E-state index contributed by atoms with van der Waals surface area (Å²) in [6.45, 7) is 6.01. The van der Waals surface area contributed by atoms with Crippen LogP contribution in [0.2, 0.25) is 0 Å². The van der Waals surface area contributed by atoms with E-state index in [0.717, 1.165) is 18.6 Å². The van der Waals surface area contributed by atoms with Crippen molar-refractivity contribution in [1.82, 2.24) is 10.2 Å². The quantitative estimate of drug-likeness (QED) is 0.838. The lowest BCUT2D eigenvalue weighted by Crippen LogP contribution is -2.54. The van der Waals surface area contributed by atoms with E-state index in [4.69, 9.17) is 4.74 Å². The third-order valence-electron chi connectivity index (χ3n) is 5.53. The van der Waals surface area contributed by atoms with Crippen molar-refractivity contribution in [1.29, 1.82) is 0 Å². The molecule has 0 amide bonds. The summed E-state index contributed by atoms with van der Waals surface area (Å²) in [6.07, 6.45) is 13.1. The molecule has 3 aliphatic rings. The van der Waals surface area contributed by atoms with E-state index < -0.39 is 0 Å². The molecular weight excluding hydrogens is 248 g/mol.